The molecule has 3 heterocycles. The second-order valence-corrected chi connectivity index (χ2v) is 6.63. The first-order valence-corrected chi connectivity index (χ1v) is 7.79. The lowest BCUT2D eigenvalue weighted by atomic mass is 10.2. The normalized spacial score (nSPS) is 10.9. The number of nitrogens with two attached hydrogens (primary N) is 1. The molecule has 0 saturated carbocycles. The molecule has 0 aliphatic heterocycles. The van der Waals surface area contributed by atoms with Gasteiger partial charge >= 0.3 is 0 Å². The molecule has 0 amide bonds. The van der Waals surface area contributed by atoms with Gasteiger partial charge in [-0.2, -0.15) is 5.10 Å². The highest BCUT2D eigenvalue weighted by atomic mass is 79.9. The van der Waals surface area contributed by atoms with Crippen LogP contribution in [-0.4, -0.2) is 19.7 Å². The minimum Gasteiger partial charge on any atom is -0.308 e. The minimum atomic E-state index is 0.570. The van der Waals surface area contributed by atoms with Crippen molar-refractivity contribution in [2.24, 2.45) is 12.9 Å². The number of hydrogen-bond donors (Lipinski definition) is 2. The Morgan fingerprint density at radius 2 is 2.14 bits per heavy atom. The fourth-order valence-corrected chi connectivity index (χ4v) is 3.37. The maximum absolute atomic E-state index is 5.52. The molecule has 3 rings (SSSR count). The van der Waals surface area contributed by atoms with E-state index >= 15 is 0 Å². The summed E-state index contributed by atoms with van der Waals surface area (Å²) in [7, 11) is 1.87. The Balaban J connectivity index is 2.13. The molecule has 6 nitrogen and oxygen atoms in total. The van der Waals surface area contributed by atoms with Crippen LogP contribution in [0.5, 0.6) is 0 Å². The minimum absolute atomic E-state index is 0.570. The standard InChI is InChI=1S/C13H13BrN6S/c1-7-9(14)3-11(21-7)13-17-10(4-12(18-13)19-15)8-5-16-20(2)6-8/h3-6H,15H2,1-2H3,(H,17,18,19). The van der Waals surface area contributed by atoms with Crippen molar-refractivity contribution in [3.05, 3.63) is 33.9 Å². The lowest BCUT2D eigenvalue weighted by molar-refractivity contribution is 0.768. The Hall–Kier alpha value is -1.77. The molecule has 0 radical (unpaired) electrons. The van der Waals surface area contributed by atoms with Gasteiger partial charge in [0.05, 0.1) is 16.8 Å². The van der Waals surface area contributed by atoms with E-state index in [1.165, 1.54) is 4.88 Å². The van der Waals surface area contributed by atoms with Gasteiger partial charge in [-0.25, -0.2) is 15.8 Å². The zero-order chi connectivity index (χ0) is 15.0. The number of nitrogens with one attached hydrogen (secondary N) is 1. The summed E-state index contributed by atoms with van der Waals surface area (Å²) in [6.07, 6.45) is 3.67. The number of thiophene rings is 1. The molecule has 0 spiro atoms. The fraction of sp³-hybridized carbons (Fsp3) is 0.154. The van der Waals surface area contributed by atoms with Gasteiger partial charge in [-0.15, -0.1) is 11.3 Å². The van der Waals surface area contributed by atoms with Crippen LogP contribution >= 0.6 is 27.3 Å². The average Bonchev–Trinajstić information content (AvgIpc) is 3.05. The molecule has 0 aliphatic rings. The van der Waals surface area contributed by atoms with Crippen molar-refractivity contribution in [1.82, 2.24) is 19.7 Å². The molecule has 3 aromatic rings. The van der Waals surface area contributed by atoms with E-state index in [9.17, 15) is 0 Å². The van der Waals surface area contributed by atoms with Crippen LogP contribution in [0.4, 0.5) is 5.82 Å². The van der Waals surface area contributed by atoms with Crippen molar-refractivity contribution in [1.29, 1.82) is 0 Å². The first kappa shape index (κ1) is 14.2. The zero-order valence-corrected chi connectivity index (χ0v) is 13.9. The largest absolute Gasteiger partial charge is 0.308 e. The molecule has 0 atom stereocenters. The van der Waals surface area contributed by atoms with Crippen LogP contribution < -0.4 is 11.3 Å². The van der Waals surface area contributed by atoms with Crippen LogP contribution in [0, 0.1) is 6.92 Å². The predicted octanol–water partition coefficient (Wildman–Crippen LogP) is 2.96. The quantitative estimate of drug-likeness (QED) is 0.551. The topological polar surface area (TPSA) is 81.6 Å². The third-order valence-electron chi connectivity index (χ3n) is 2.95. The Morgan fingerprint density at radius 3 is 2.71 bits per heavy atom. The summed E-state index contributed by atoms with van der Waals surface area (Å²) in [5.74, 6) is 6.73. The van der Waals surface area contributed by atoms with E-state index in [1.54, 1.807) is 28.3 Å². The van der Waals surface area contributed by atoms with Crippen LogP contribution in [-0.2, 0) is 7.05 Å². The fourth-order valence-electron chi connectivity index (χ4n) is 1.90. The van der Waals surface area contributed by atoms with Gasteiger partial charge in [-0.05, 0) is 28.9 Å². The molecular weight excluding hydrogens is 352 g/mol. The predicted molar refractivity (Wildman–Crippen MR) is 87.8 cm³/mol. The monoisotopic (exact) mass is 364 g/mol. The molecule has 0 unspecified atom stereocenters. The van der Waals surface area contributed by atoms with Crippen molar-refractivity contribution in [2.45, 2.75) is 6.92 Å². The van der Waals surface area contributed by atoms with Crippen LogP contribution in [0.1, 0.15) is 4.88 Å². The summed E-state index contributed by atoms with van der Waals surface area (Å²) < 4.78 is 2.79. The maximum atomic E-state index is 5.52. The lowest BCUT2D eigenvalue weighted by Crippen LogP contribution is -2.09. The average molecular weight is 365 g/mol. The lowest BCUT2D eigenvalue weighted by Gasteiger charge is -2.05. The number of aromatic nitrogens is 4. The van der Waals surface area contributed by atoms with E-state index in [0.29, 0.717) is 11.6 Å². The maximum Gasteiger partial charge on any atom is 0.172 e. The highest BCUT2D eigenvalue weighted by Crippen LogP contribution is 2.33. The van der Waals surface area contributed by atoms with E-state index in [0.717, 1.165) is 20.6 Å². The summed E-state index contributed by atoms with van der Waals surface area (Å²) >= 11 is 5.15. The number of rotatable bonds is 3. The smallest absolute Gasteiger partial charge is 0.172 e. The Kier molecular flexibility index (Phi) is 3.75. The summed E-state index contributed by atoms with van der Waals surface area (Å²) in [5, 5.41) is 4.17. The van der Waals surface area contributed by atoms with Crippen LogP contribution in [0.25, 0.3) is 22.0 Å². The second-order valence-electron chi connectivity index (χ2n) is 4.52. The number of halogens is 1. The molecule has 0 bridgehead atoms. The Labute approximate surface area is 134 Å². The Morgan fingerprint density at radius 1 is 1.33 bits per heavy atom. The third kappa shape index (κ3) is 2.82. The molecule has 108 valence electrons. The SMILES string of the molecule is Cc1sc(-c2nc(NN)cc(-c3cnn(C)c3)n2)cc1Br. The van der Waals surface area contributed by atoms with Crippen molar-refractivity contribution in [3.63, 3.8) is 0 Å². The summed E-state index contributed by atoms with van der Waals surface area (Å²) in [6, 6.07) is 3.82. The summed E-state index contributed by atoms with van der Waals surface area (Å²) in [5.41, 5.74) is 4.29. The molecule has 3 aromatic heterocycles. The van der Waals surface area contributed by atoms with Gasteiger partial charge in [0.1, 0.15) is 5.82 Å². The number of hydrogen-bond acceptors (Lipinski definition) is 6. The second kappa shape index (κ2) is 5.55. The van der Waals surface area contributed by atoms with Gasteiger partial charge in [0.2, 0.25) is 0 Å². The van der Waals surface area contributed by atoms with E-state index in [1.807, 2.05) is 26.2 Å². The highest BCUT2D eigenvalue weighted by molar-refractivity contribution is 9.10. The highest BCUT2D eigenvalue weighted by Gasteiger charge is 2.12. The van der Waals surface area contributed by atoms with E-state index in [2.05, 4.69) is 36.4 Å². The molecule has 21 heavy (non-hydrogen) atoms. The van der Waals surface area contributed by atoms with Gasteiger partial charge in [0, 0.05) is 34.2 Å². The van der Waals surface area contributed by atoms with Gasteiger partial charge in [-0.1, -0.05) is 0 Å². The third-order valence-corrected chi connectivity index (χ3v) is 5.08. The molecule has 3 N–H and O–H groups in total. The molecular formula is C13H13BrN6S. The first-order valence-electron chi connectivity index (χ1n) is 6.18. The van der Waals surface area contributed by atoms with Crippen LogP contribution in [0.2, 0.25) is 0 Å². The number of anilines is 1. The molecule has 0 saturated heterocycles. The zero-order valence-electron chi connectivity index (χ0n) is 11.5. The number of aryl methyl sites for hydroxylation is 2. The van der Waals surface area contributed by atoms with Crippen molar-refractivity contribution >= 4 is 33.1 Å². The van der Waals surface area contributed by atoms with Gasteiger partial charge in [-0.3, -0.25) is 4.68 Å². The van der Waals surface area contributed by atoms with E-state index in [4.69, 9.17) is 5.84 Å². The van der Waals surface area contributed by atoms with Gasteiger partial charge in [0.25, 0.3) is 0 Å². The molecule has 0 fully saturated rings. The summed E-state index contributed by atoms with van der Waals surface area (Å²) in [4.78, 5) is 11.2. The van der Waals surface area contributed by atoms with Crippen molar-refractivity contribution in [3.8, 4) is 22.0 Å². The van der Waals surface area contributed by atoms with Gasteiger partial charge < -0.3 is 5.43 Å². The molecule has 0 aliphatic carbocycles. The number of nitrogens with zero attached hydrogens (tertiary/aromatic N) is 4. The number of hydrazine groups is 1. The van der Waals surface area contributed by atoms with Crippen molar-refractivity contribution < 1.29 is 0 Å². The van der Waals surface area contributed by atoms with E-state index < -0.39 is 0 Å². The van der Waals surface area contributed by atoms with Crippen LogP contribution in [0.15, 0.2) is 29.0 Å². The molecule has 0 aromatic carbocycles. The Bertz CT molecular complexity index is 774. The van der Waals surface area contributed by atoms with Crippen LogP contribution in [0.3, 0.4) is 0 Å². The molecule has 8 heteroatoms. The first-order chi connectivity index (χ1) is 10.1. The van der Waals surface area contributed by atoms with E-state index in [-0.39, 0.29) is 0 Å². The van der Waals surface area contributed by atoms with Crippen molar-refractivity contribution in [2.75, 3.05) is 5.43 Å². The summed E-state index contributed by atoms with van der Waals surface area (Å²) in [6.45, 7) is 2.05. The number of nitrogen functional groups attached to an aromatic ring is 1. The van der Waals surface area contributed by atoms with Gasteiger partial charge in [0.15, 0.2) is 5.82 Å².